The SMILES string of the molecule is Nc1c(Cl)[nH]c2ccccc2c1=O. The summed E-state index contributed by atoms with van der Waals surface area (Å²) in [5.41, 5.74) is 6.02. The van der Waals surface area contributed by atoms with Crippen molar-refractivity contribution in [3.63, 3.8) is 0 Å². The van der Waals surface area contributed by atoms with E-state index in [4.69, 9.17) is 17.3 Å². The average Bonchev–Trinajstić information content (AvgIpc) is 2.15. The molecule has 3 nitrogen and oxygen atoms in total. The van der Waals surface area contributed by atoms with E-state index in [0.717, 1.165) is 0 Å². The summed E-state index contributed by atoms with van der Waals surface area (Å²) in [7, 11) is 0. The van der Waals surface area contributed by atoms with E-state index in [9.17, 15) is 4.79 Å². The average molecular weight is 195 g/mol. The summed E-state index contributed by atoms with van der Waals surface area (Å²) in [6, 6.07) is 7.10. The van der Waals surface area contributed by atoms with Crippen molar-refractivity contribution < 1.29 is 0 Å². The first-order valence-electron chi connectivity index (χ1n) is 3.76. The zero-order chi connectivity index (χ0) is 9.42. The Labute approximate surface area is 79.1 Å². The van der Waals surface area contributed by atoms with Crippen LogP contribution in [0.4, 0.5) is 5.69 Å². The smallest absolute Gasteiger partial charge is 0.213 e. The van der Waals surface area contributed by atoms with Gasteiger partial charge in [0.2, 0.25) is 5.43 Å². The number of para-hydroxylation sites is 1. The van der Waals surface area contributed by atoms with E-state index >= 15 is 0 Å². The molecule has 0 spiro atoms. The van der Waals surface area contributed by atoms with Crippen LogP contribution in [-0.2, 0) is 0 Å². The van der Waals surface area contributed by atoms with Crippen molar-refractivity contribution in [2.24, 2.45) is 0 Å². The number of anilines is 1. The summed E-state index contributed by atoms with van der Waals surface area (Å²) in [5.74, 6) is 0. The van der Waals surface area contributed by atoms with Crippen molar-refractivity contribution in [1.82, 2.24) is 4.98 Å². The van der Waals surface area contributed by atoms with Crippen LogP contribution in [-0.4, -0.2) is 4.98 Å². The van der Waals surface area contributed by atoms with Crippen LogP contribution in [0.1, 0.15) is 0 Å². The van der Waals surface area contributed by atoms with E-state index in [1.807, 2.05) is 6.07 Å². The Morgan fingerprint density at radius 1 is 1.31 bits per heavy atom. The molecular weight excluding hydrogens is 188 g/mol. The van der Waals surface area contributed by atoms with Crippen LogP contribution >= 0.6 is 11.6 Å². The third kappa shape index (κ3) is 1.17. The molecule has 1 heterocycles. The van der Waals surface area contributed by atoms with Crippen molar-refractivity contribution in [1.29, 1.82) is 0 Å². The minimum absolute atomic E-state index is 0.0698. The summed E-state index contributed by atoms with van der Waals surface area (Å²) < 4.78 is 0. The second-order valence-electron chi connectivity index (χ2n) is 2.73. The maximum absolute atomic E-state index is 11.5. The monoisotopic (exact) mass is 194 g/mol. The number of nitrogen functional groups attached to an aromatic ring is 1. The fourth-order valence-corrected chi connectivity index (χ4v) is 1.41. The molecular formula is C9H7ClN2O. The molecule has 0 fully saturated rings. The molecule has 1 aromatic heterocycles. The topological polar surface area (TPSA) is 58.9 Å². The highest BCUT2D eigenvalue weighted by Crippen LogP contribution is 2.16. The Kier molecular flexibility index (Phi) is 1.74. The third-order valence-electron chi connectivity index (χ3n) is 1.90. The predicted molar refractivity (Wildman–Crippen MR) is 54.0 cm³/mol. The number of pyridine rings is 1. The first kappa shape index (κ1) is 8.13. The third-order valence-corrected chi connectivity index (χ3v) is 2.20. The van der Waals surface area contributed by atoms with Gasteiger partial charge in [0, 0.05) is 5.39 Å². The van der Waals surface area contributed by atoms with Crippen molar-refractivity contribution >= 4 is 28.2 Å². The number of nitrogens with two attached hydrogens (primary N) is 1. The maximum atomic E-state index is 11.5. The van der Waals surface area contributed by atoms with E-state index < -0.39 is 0 Å². The summed E-state index contributed by atoms with van der Waals surface area (Å²) in [6.45, 7) is 0. The quantitative estimate of drug-likeness (QED) is 0.628. The molecule has 13 heavy (non-hydrogen) atoms. The zero-order valence-corrected chi connectivity index (χ0v) is 7.43. The van der Waals surface area contributed by atoms with Crippen LogP contribution in [0, 0.1) is 0 Å². The van der Waals surface area contributed by atoms with Crippen LogP contribution < -0.4 is 11.2 Å². The fourth-order valence-electron chi connectivity index (χ4n) is 1.22. The van der Waals surface area contributed by atoms with Crippen LogP contribution in [0.2, 0.25) is 5.15 Å². The Morgan fingerprint density at radius 3 is 2.77 bits per heavy atom. The van der Waals surface area contributed by atoms with Gasteiger partial charge in [-0.15, -0.1) is 0 Å². The lowest BCUT2D eigenvalue weighted by Gasteiger charge is -2.00. The molecule has 0 atom stereocenters. The maximum Gasteiger partial charge on any atom is 0.213 e. The summed E-state index contributed by atoms with van der Waals surface area (Å²) >= 11 is 5.71. The van der Waals surface area contributed by atoms with Gasteiger partial charge >= 0.3 is 0 Å². The lowest BCUT2D eigenvalue weighted by Crippen LogP contribution is -2.10. The number of hydrogen-bond acceptors (Lipinski definition) is 2. The van der Waals surface area contributed by atoms with Gasteiger partial charge in [-0.1, -0.05) is 23.7 Å². The molecule has 0 aliphatic rings. The van der Waals surface area contributed by atoms with E-state index in [-0.39, 0.29) is 16.3 Å². The van der Waals surface area contributed by atoms with Crippen LogP contribution in [0.5, 0.6) is 0 Å². The highest BCUT2D eigenvalue weighted by atomic mass is 35.5. The van der Waals surface area contributed by atoms with Gasteiger partial charge in [-0.2, -0.15) is 0 Å². The largest absolute Gasteiger partial charge is 0.393 e. The number of rotatable bonds is 0. The first-order chi connectivity index (χ1) is 6.20. The molecule has 0 bridgehead atoms. The molecule has 0 aliphatic carbocycles. The van der Waals surface area contributed by atoms with Gasteiger partial charge in [0.25, 0.3) is 0 Å². The highest BCUT2D eigenvalue weighted by Gasteiger charge is 2.05. The molecule has 66 valence electrons. The lowest BCUT2D eigenvalue weighted by molar-refractivity contribution is 1.39. The lowest BCUT2D eigenvalue weighted by atomic mass is 10.2. The van der Waals surface area contributed by atoms with Crippen molar-refractivity contribution in [3.05, 3.63) is 39.6 Å². The van der Waals surface area contributed by atoms with E-state index in [1.54, 1.807) is 18.2 Å². The number of H-pyrrole nitrogens is 1. The summed E-state index contributed by atoms with van der Waals surface area (Å²) in [6.07, 6.45) is 0. The van der Waals surface area contributed by atoms with E-state index in [1.165, 1.54) is 0 Å². The molecule has 2 aromatic rings. The number of benzene rings is 1. The van der Waals surface area contributed by atoms with E-state index in [2.05, 4.69) is 4.98 Å². The molecule has 2 rings (SSSR count). The van der Waals surface area contributed by atoms with Crippen LogP contribution in [0.15, 0.2) is 29.1 Å². The molecule has 0 saturated heterocycles. The van der Waals surface area contributed by atoms with Crippen molar-refractivity contribution in [2.75, 3.05) is 5.73 Å². The first-order valence-corrected chi connectivity index (χ1v) is 4.14. The Bertz CT molecular complexity index is 518. The van der Waals surface area contributed by atoms with Gasteiger partial charge in [-0.3, -0.25) is 4.79 Å². The Morgan fingerprint density at radius 2 is 2.00 bits per heavy atom. The van der Waals surface area contributed by atoms with Crippen LogP contribution in [0.25, 0.3) is 10.9 Å². The number of halogens is 1. The number of nitrogens with one attached hydrogen (secondary N) is 1. The van der Waals surface area contributed by atoms with Gasteiger partial charge in [-0.25, -0.2) is 0 Å². The molecule has 4 heteroatoms. The number of fused-ring (bicyclic) bond motifs is 1. The van der Waals surface area contributed by atoms with Gasteiger partial charge < -0.3 is 10.7 Å². The second kappa shape index (κ2) is 2.78. The minimum atomic E-state index is -0.223. The molecule has 1 aromatic carbocycles. The number of aromatic nitrogens is 1. The predicted octanol–water partition coefficient (Wildman–Crippen LogP) is 1.76. The molecule has 0 amide bonds. The van der Waals surface area contributed by atoms with Gasteiger partial charge in [-0.05, 0) is 12.1 Å². The van der Waals surface area contributed by atoms with Gasteiger partial charge in [0.1, 0.15) is 10.8 Å². The summed E-state index contributed by atoms with van der Waals surface area (Å²) in [5, 5.41) is 0.758. The van der Waals surface area contributed by atoms with Crippen molar-refractivity contribution in [3.8, 4) is 0 Å². The molecule has 0 unspecified atom stereocenters. The fraction of sp³-hybridized carbons (Fsp3) is 0. The van der Waals surface area contributed by atoms with Gasteiger partial charge in [0.05, 0.1) is 5.52 Å². The molecule has 0 radical (unpaired) electrons. The molecule has 0 aliphatic heterocycles. The van der Waals surface area contributed by atoms with Gasteiger partial charge in [0.15, 0.2) is 0 Å². The van der Waals surface area contributed by atoms with Crippen molar-refractivity contribution in [2.45, 2.75) is 0 Å². The number of aromatic amines is 1. The van der Waals surface area contributed by atoms with E-state index in [0.29, 0.717) is 10.9 Å². The minimum Gasteiger partial charge on any atom is -0.393 e. The molecule has 0 saturated carbocycles. The Hall–Kier alpha value is -1.48. The zero-order valence-electron chi connectivity index (χ0n) is 6.67. The Balaban J connectivity index is 3.03. The highest BCUT2D eigenvalue weighted by molar-refractivity contribution is 6.32. The normalized spacial score (nSPS) is 10.5. The summed E-state index contributed by atoms with van der Waals surface area (Å²) in [4.78, 5) is 14.4. The molecule has 3 N–H and O–H groups in total. The van der Waals surface area contributed by atoms with Crippen LogP contribution in [0.3, 0.4) is 0 Å². The number of hydrogen-bond donors (Lipinski definition) is 2. The standard InChI is InChI=1S/C9H7ClN2O/c10-9-7(11)8(13)5-3-1-2-4-6(5)12-9/h1-4H,11H2,(H,12,13). The second-order valence-corrected chi connectivity index (χ2v) is 3.11.